The van der Waals surface area contributed by atoms with Gasteiger partial charge in [0.05, 0.1) is 0 Å². The molecule has 0 saturated heterocycles. The molecule has 116 valence electrons. The van der Waals surface area contributed by atoms with Gasteiger partial charge in [-0.15, -0.1) is 0 Å². The third-order valence-corrected chi connectivity index (χ3v) is 7.39. The smallest absolute Gasteiger partial charge is 0.0327 e. The van der Waals surface area contributed by atoms with E-state index in [1.165, 1.54) is 51.5 Å². The molecule has 0 radical (unpaired) electrons. The van der Waals surface area contributed by atoms with Crippen LogP contribution < -0.4 is 5.32 Å². The van der Waals surface area contributed by atoms with Crippen LogP contribution in [0.2, 0.25) is 0 Å². The second-order valence-electron chi connectivity index (χ2n) is 9.05. The number of hydrogen-bond donors (Lipinski definition) is 1. The third kappa shape index (κ3) is 2.06. The second kappa shape index (κ2) is 4.71. The fourth-order valence-electron chi connectivity index (χ4n) is 5.92. The Hall–Kier alpha value is -0.0800. The van der Waals surface area contributed by atoms with Gasteiger partial charge in [-0.05, 0) is 62.9 Å². The van der Waals surface area contributed by atoms with Crippen molar-refractivity contribution in [2.24, 2.45) is 16.7 Å². The molecule has 3 rings (SSSR count). The van der Waals surface area contributed by atoms with E-state index in [9.17, 15) is 0 Å². The molecule has 0 aromatic heterocycles. The average Bonchev–Trinajstić information content (AvgIpc) is 3.00. The van der Waals surface area contributed by atoms with Crippen LogP contribution in [0.1, 0.15) is 65.7 Å². The maximum Gasteiger partial charge on any atom is 0.0327 e. The molecule has 0 amide bonds. The van der Waals surface area contributed by atoms with E-state index in [4.69, 9.17) is 0 Å². The molecule has 2 bridgehead atoms. The number of hydrogen-bond acceptors (Lipinski definition) is 2. The summed E-state index contributed by atoms with van der Waals surface area (Å²) in [6.45, 7) is 8.75. The first-order valence-electron chi connectivity index (χ1n) is 8.71. The van der Waals surface area contributed by atoms with Crippen molar-refractivity contribution in [3.05, 3.63) is 0 Å². The predicted molar refractivity (Wildman–Crippen MR) is 85.9 cm³/mol. The number of rotatable bonds is 4. The van der Waals surface area contributed by atoms with Crippen molar-refractivity contribution in [2.75, 3.05) is 20.6 Å². The summed E-state index contributed by atoms with van der Waals surface area (Å²) in [5.74, 6) is 0.948. The Kier molecular flexibility index (Phi) is 3.49. The molecular formula is C18H34N2. The second-order valence-corrected chi connectivity index (χ2v) is 9.05. The Morgan fingerprint density at radius 1 is 1.05 bits per heavy atom. The molecule has 1 unspecified atom stereocenters. The average molecular weight is 278 g/mol. The predicted octanol–water partition coefficient (Wildman–Crippen LogP) is 3.67. The largest absolute Gasteiger partial charge is 0.311 e. The summed E-state index contributed by atoms with van der Waals surface area (Å²) >= 11 is 0. The van der Waals surface area contributed by atoms with Crippen LogP contribution in [0, 0.1) is 16.7 Å². The van der Waals surface area contributed by atoms with E-state index in [0.717, 1.165) is 5.92 Å². The van der Waals surface area contributed by atoms with Crippen molar-refractivity contribution < 1.29 is 0 Å². The Morgan fingerprint density at radius 2 is 1.70 bits per heavy atom. The summed E-state index contributed by atoms with van der Waals surface area (Å²) < 4.78 is 0. The first-order chi connectivity index (χ1) is 9.30. The Morgan fingerprint density at radius 3 is 2.20 bits per heavy atom. The van der Waals surface area contributed by atoms with Crippen molar-refractivity contribution >= 4 is 0 Å². The van der Waals surface area contributed by atoms with Crippen LogP contribution in [0.4, 0.5) is 0 Å². The highest BCUT2D eigenvalue weighted by molar-refractivity contribution is 5.12. The van der Waals surface area contributed by atoms with Gasteiger partial charge in [-0.25, -0.2) is 0 Å². The third-order valence-electron chi connectivity index (χ3n) is 7.39. The highest BCUT2D eigenvalue weighted by Gasteiger charge is 2.59. The molecule has 0 spiro atoms. The van der Waals surface area contributed by atoms with Crippen molar-refractivity contribution in [3.8, 4) is 0 Å². The normalized spacial score (nSPS) is 41.7. The maximum atomic E-state index is 4.07. The number of likely N-dealkylation sites (N-methyl/N-ethyl adjacent to an activating group) is 1. The van der Waals surface area contributed by atoms with Gasteiger partial charge in [0.25, 0.3) is 0 Å². The molecule has 0 heterocycles. The molecule has 0 aromatic carbocycles. The van der Waals surface area contributed by atoms with Gasteiger partial charge in [0.2, 0.25) is 0 Å². The zero-order valence-electron chi connectivity index (χ0n) is 14.3. The lowest BCUT2D eigenvalue weighted by Gasteiger charge is -2.46. The van der Waals surface area contributed by atoms with Gasteiger partial charge in [0.15, 0.2) is 0 Å². The van der Waals surface area contributed by atoms with E-state index < -0.39 is 0 Å². The zero-order chi connectivity index (χ0) is 14.6. The monoisotopic (exact) mass is 278 g/mol. The van der Waals surface area contributed by atoms with E-state index >= 15 is 0 Å². The highest BCUT2D eigenvalue weighted by Crippen LogP contribution is 2.62. The van der Waals surface area contributed by atoms with Gasteiger partial charge >= 0.3 is 0 Å². The van der Waals surface area contributed by atoms with Crippen LogP contribution in [0.15, 0.2) is 0 Å². The summed E-state index contributed by atoms with van der Waals surface area (Å²) in [7, 11) is 4.56. The van der Waals surface area contributed by atoms with Gasteiger partial charge in [-0.2, -0.15) is 0 Å². The summed E-state index contributed by atoms with van der Waals surface area (Å²) in [4.78, 5) is 2.50. The van der Waals surface area contributed by atoms with Crippen LogP contribution in [0.5, 0.6) is 0 Å². The Balaban J connectivity index is 1.72. The van der Waals surface area contributed by atoms with E-state index in [2.05, 4.69) is 45.1 Å². The maximum absolute atomic E-state index is 4.07. The summed E-state index contributed by atoms with van der Waals surface area (Å²) in [6, 6.07) is 0.714. The van der Waals surface area contributed by atoms with Gasteiger partial charge in [0, 0.05) is 18.1 Å². The number of nitrogens with zero attached hydrogens (tertiary/aromatic N) is 1. The van der Waals surface area contributed by atoms with Crippen molar-refractivity contribution in [1.82, 2.24) is 10.2 Å². The SMILES string of the molecule is CN(C)C1(CNC2C(C)(C)[C@H]3CC[C@]2(C)C3)CCCC1. The van der Waals surface area contributed by atoms with Crippen LogP contribution in [0.3, 0.4) is 0 Å². The molecule has 3 aliphatic rings. The molecule has 3 atom stereocenters. The van der Waals surface area contributed by atoms with Crippen LogP contribution in [0.25, 0.3) is 0 Å². The first-order valence-corrected chi connectivity index (χ1v) is 8.71. The Bertz CT molecular complexity index is 363. The molecule has 2 nitrogen and oxygen atoms in total. The van der Waals surface area contributed by atoms with Crippen LogP contribution >= 0.6 is 0 Å². The quantitative estimate of drug-likeness (QED) is 0.844. The molecule has 2 heteroatoms. The van der Waals surface area contributed by atoms with Gasteiger partial charge < -0.3 is 10.2 Å². The minimum atomic E-state index is 0.425. The van der Waals surface area contributed by atoms with Crippen LogP contribution in [-0.2, 0) is 0 Å². The van der Waals surface area contributed by atoms with E-state index in [1.807, 2.05) is 0 Å². The molecular weight excluding hydrogens is 244 g/mol. The molecule has 3 fully saturated rings. The highest BCUT2D eigenvalue weighted by atomic mass is 15.2. The van der Waals surface area contributed by atoms with Crippen molar-refractivity contribution in [2.45, 2.75) is 77.3 Å². The fourth-order valence-corrected chi connectivity index (χ4v) is 5.92. The van der Waals surface area contributed by atoms with Gasteiger partial charge in [-0.1, -0.05) is 33.6 Å². The van der Waals surface area contributed by atoms with Crippen LogP contribution in [-0.4, -0.2) is 37.1 Å². The minimum Gasteiger partial charge on any atom is -0.311 e. The minimum absolute atomic E-state index is 0.425. The lowest BCUT2D eigenvalue weighted by atomic mass is 9.68. The Labute approximate surface area is 125 Å². The fraction of sp³-hybridized carbons (Fsp3) is 1.00. The molecule has 20 heavy (non-hydrogen) atoms. The lowest BCUT2D eigenvalue weighted by Crippen LogP contribution is -2.57. The zero-order valence-corrected chi connectivity index (χ0v) is 14.3. The molecule has 1 N–H and O–H groups in total. The summed E-state index contributed by atoms with van der Waals surface area (Å²) in [5, 5.41) is 4.07. The van der Waals surface area contributed by atoms with Gasteiger partial charge in [0.1, 0.15) is 0 Å². The molecule has 0 aliphatic heterocycles. The number of nitrogens with one attached hydrogen (secondary N) is 1. The molecule has 3 saturated carbocycles. The number of fused-ring (bicyclic) bond motifs is 2. The molecule has 0 aromatic rings. The van der Waals surface area contributed by atoms with Crippen molar-refractivity contribution in [1.29, 1.82) is 0 Å². The standard InChI is InChI=1S/C18H34N2/c1-16(2)14-8-11-17(3,12-14)15(16)19-13-18(20(4)5)9-6-7-10-18/h14-15,19H,6-13H2,1-5H3/t14-,15?,17+/m0/s1. The molecule has 3 aliphatic carbocycles. The summed E-state index contributed by atoms with van der Waals surface area (Å²) in [5.41, 5.74) is 1.47. The van der Waals surface area contributed by atoms with E-state index in [0.29, 0.717) is 22.4 Å². The summed E-state index contributed by atoms with van der Waals surface area (Å²) in [6.07, 6.45) is 9.92. The topological polar surface area (TPSA) is 15.3 Å². The van der Waals surface area contributed by atoms with Gasteiger partial charge in [-0.3, -0.25) is 0 Å². The van der Waals surface area contributed by atoms with E-state index in [-0.39, 0.29) is 0 Å². The van der Waals surface area contributed by atoms with E-state index in [1.54, 1.807) is 0 Å². The van der Waals surface area contributed by atoms with Crippen molar-refractivity contribution in [3.63, 3.8) is 0 Å². The first kappa shape index (κ1) is 14.8. The lowest BCUT2D eigenvalue weighted by molar-refractivity contribution is 0.0803.